The van der Waals surface area contributed by atoms with Crippen molar-refractivity contribution in [3.05, 3.63) is 33.9 Å². The Kier molecular flexibility index (Phi) is 9.16. The van der Waals surface area contributed by atoms with Crippen LogP contribution in [0.15, 0.2) is 30.3 Å². The largest absolute Gasteiger partial charge is 0.472 e. The van der Waals surface area contributed by atoms with Crippen molar-refractivity contribution >= 4 is 30.4 Å². The molecule has 0 aliphatic heterocycles. The molecule has 0 aliphatic carbocycles. The highest BCUT2D eigenvalue weighted by molar-refractivity contribution is 14.1. The molecule has 0 radical (unpaired) electrons. The molecule has 0 spiro atoms. The van der Waals surface area contributed by atoms with Crippen molar-refractivity contribution in [3.8, 4) is 0 Å². The van der Waals surface area contributed by atoms with Gasteiger partial charge in [0.05, 0.1) is 13.2 Å². The van der Waals surface area contributed by atoms with E-state index in [0.29, 0.717) is 0 Å². The van der Waals surface area contributed by atoms with Crippen molar-refractivity contribution in [2.45, 2.75) is 13.8 Å². The molecule has 0 saturated heterocycles. The lowest BCUT2D eigenvalue weighted by atomic mass is 10.4. The van der Waals surface area contributed by atoms with E-state index in [9.17, 15) is 4.57 Å². The molecule has 0 bridgehead atoms. The van der Waals surface area contributed by atoms with Crippen LogP contribution in [0.25, 0.3) is 0 Å². The molecule has 1 rings (SSSR count). The van der Waals surface area contributed by atoms with Crippen molar-refractivity contribution in [3.63, 3.8) is 0 Å². The van der Waals surface area contributed by atoms with Gasteiger partial charge in [-0.05, 0) is 48.6 Å². The molecular weight excluding hydrogens is 342 g/mol. The van der Waals surface area contributed by atoms with Gasteiger partial charge in [-0.3, -0.25) is 9.05 Å². The molecule has 1 aromatic rings. The zero-order valence-electron chi connectivity index (χ0n) is 9.30. The van der Waals surface area contributed by atoms with Gasteiger partial charge in [0.2, 0.25) is 0 Å². The maximum Gasteiger partial charge on any atom is 0.472 e. The first kappa shape index (κ1) is 16.1. The quantitative estimate of drug-likeness (QED) is 0.662. The molecule has 4 nitrogen and oxygen atoms in total. The van der Waals surface area contributed by atoms with E-state index in [-0.39, 0.29) is 13.2 Å². The Balaban J connectivity index is 0.000000288. The molecule has 92 valence electrons. The monoisotopic (exact) mass is 358 g/mol. The molecule has 0 heterocycles. The van der Waals surface area contributed by atoms with Gasteiger partial charge in [0.1, 0.15) is 0 Å². The summed E-state index contributed by atoms with van der Waals surface area (Å²) in [5, 5.41) is 0. The topological polar surface area (TPSA) is 55.8 Å². The van der Waals surface area contributed by atoms with Gasteiger partial charge in [-0.2, -0.15) is 0 Å². The zero-order valence-corrected chi connectivity index (χ0v) is 12.4. The number of phosphoric ester groups is 1. The second-order valence-electron chi connectivity index (χ2n) is 2.60. The molecule has 1 N–H and O–H groups in total. The lowest BCUT2D eigenvalue weighted by Gasteiger charge is -2.07. The van der Waals surface area contributed by atoms with Crippen LogP contribution in [0.3, 0.4) is 0 Å². The Morgan fingerprint density at radius 3 is 1.88 bits per heavy atom. The van der Waals surface area contributed by atoms with E-state index in [4.69, 9.17) is 4.89 Å². The van der Waals surface area contributed by atoms with Gasteiger partial charge in [0, 0.05) is 3.57 Å². The third-order valence-corrected chi connectivity index (χ3v) is 3.21. The summed E-state index contributed by atoms with van der Waals surface area (Å²) in [6, 6.07) is 10.2. The molecule has 0 atom stereocenters. The fourth-order valence-electron chi connectivity index (χ4n) is 0.778. The Morgan fingerprint density at radius 1 is 1.19 bits per heavy atom. The lowest BCUT2D eigenvalue weighted by molar-refractivity contribution is 0.161. The third kappa shape index (κ3) is 9.30. The molecule has 6 heteroatoms. The minimum absolute atomic E-state index is 0.188. The van der Waals surface area contributed by atoms with Gasteiger partial charge in [-0.1, -0.05) is 18.2 Å². The Morgan fingerprint density at radius 2 is 1.62 bits per heavy atom. The maximum atomic E-state index is 10.5. The first-order chi connectivity index (χ1) is 7.52. The molecule has 0 fully saturated rings. The molecule has 0 amide bonds. The molecular formula is C10H16IO4P. The number of benzene rings is 1. The van der Waals surface area contributed by atoms with E-state index in [0.717, 1.165) is 0 Å². The summed E-state index contributed by atoms with van der Waals surface area (Å²) < 4.78 is 20.5. The summed E-state index contributed by atoms with van der Waals surface area (Å²) in [6.45, 7) is 3.63. The van der Waals surface area contributed by atoms with Crippen LogP contribution in [-0.2, 0) is 13.6 Å². The third-order valence-electron chi connectivity index (χ3n) is 1.32. The van der Waals surface area contributed by atoms with Crippen LogP contribution in [0, 0.1) is 3.57 Å². The lowest BCUT2D eigenvalue weighted by Crippen LogP contribution is -1.93. The van der Waals surface area contributed by atoms with Gasteiger partial charge < -0.3 is 4.89 Å². The number of rotatable bonds is 4. The van der Waals surface area contributed by atoms with Crippen LogP contribution in [0.1, 0.15) is 13.8 Å². The van der Waals surface area contributed by atoms with Crippen LogP contribution in [0.2, 0.25) is 0 Å². The average Bonchev–Trinajstić information content (AvgIpc) is 2.19. The standard InChI is InChI=1S/C6H5I.C4H11O4P/c7-6-4-2-1-3-5-6;1-3-7-9(5,6)8-4-2/h1-5H;3-4H2,1-2H3,(H,5,6). The van der Waals surface area contributed by atoms with Crippen LogP contribution < -0.4 is 0 Å². The smallest absolute Gasteiger partial charge is 0.302 e. The fraction of sp³-hybridized carbons (Fsp3) is 0.400. The van der Waals surface area contributed by atoms with Crippen molar-refractivity contribution in [2.24, 2.45) is 0 Å². The van der Waals surface area contributed by atoms with Crippen LogP contribution in [-0.4, -0.2) is 18.1 Å². The number of hydrogen-bond donors (Lipinski definition) is 1. The summed E-state index contributed by atoms with van der Waals surface area (Å²) in [5.74, 6) is 0. The van der Waals surface area contributed by atoms with Gasteiger partial charge in [0.25, 0.3) is 0 Å². The second kappa shape index (κ2) is 9.13. The normalized spacial score (nSPS) is 10.5. The van der Waals surface area contributed by atoms with E-state index in [1.807, 2.05) is 18.2 Å². The van der Waals surface area contributed by atoms with E-state index in [2.05, 4.69) is 43.8 Å². The number of halogens is 1. The van der Waals surface area contributed by atoms with Gasteiger partial charge in [-0.25, -0.2) is 4.57 Å². The van der Waals surface area contributed by atoms with Crippen molar-refractivity contribution in [1.82, 2.24) is 0 Å². The average molecular weight is 358 g/mol. The first-order valence-corrected chi connectivity index (χ1v) is 7.41. The highest BCUT2D eigenvalue weighted by Gasteiger charge is 2.17. The highest BCUT2D eigenvalue weighted by Crippen LogP contribution is 2.42. The zero-order chi connectivity index (χ0) is 12.4. The predicted octanol–water partition coefficient (Wildman–Crippen LogP) is 3.45. The van der Waals surface area contributed by atoms with E-state index < -0.39 is 7.82 Å². The van der Waals surface area contributed by atoms with Crippen LogP contribution in [0.5, 0.6) is 0 Å². The summed E-state index contributed by atoms with van der Waals surface area (Å²) in [6.07, 6.45) is 0. The molecule has 0 aliphatic rings. The molecule has 0 unspecified atom stereocenters. The van der Waals surface area contributed by atoms with Crippen molar-refractivity contribution in [2.75, 3.05) is 13.2 Å². The minimum atomic E-state index is -3.69. The summed E-state index contributed by atoms with van der Waals surface area (Å²) in [5.41, 5.74) is 0. The Labute approximate surface area is 110 Å². The van der Waals surface area contributed by atoms with Crippen molar-refractivity contribution in [1.29, 1.82) is 0 Å². The van der Waals surface area contributed by atoms with Gasteiger partial charge >= 0.3 is 7.82 Å². The van der Waals surface area contributed by atoms with Crippen molar-refractivity contribution < 1.29 is 18.5 Å². The van der Waals surface area contributed by atoms with Crippen LogP contribution in [0.4, 0.5) is 0 Å². The first-order valence-electron chi connectivity index (χ1n) is 4.84. The van der Waals surface area contributed by atoms with Crippen LogP contribution >= 0.6 is 30.4 Å². The Hall–Kier alpha value is 0.0600. The molecule has 0 saturated carbocycles. The Bertz CT molecular complexity index is 308. The van der Waals surface area contributed by atoms with Gasteiger partial charge in [-0.15, -0.1) is 0 Å². The predicted molar refractivity (Wildman–Crippen MR) is 72.2 cm³/mol. The highest BCUT2D eigenvalue weighted by atomic mass is 127. The number of hydrogen-bond acceptors (Lipinski definition) is 3. The van der Waals surface area contributed by atoms with Gasteiger partial charge in [0.15, 0.2) is 0 Å². The summed E-state index contributed by atoms with van der Waals surface area (Å²) in [7, 11) is -3.69. The molecule has 1 aromatic carbocycles. The summed E-state index contributed by atoms with van der Waals surface area (Å²) in [4.78, 5) is 8.63. The second-order valence-corrected chi connectivity index (χ2v) is 5.30. The SMILES string of the molecule is CCOP(=O)(O)OCC.Ic1ccccc1. The van der Waals surface area contributed by atoms with E-state index in [1.165, 1.54) is 3.57 Å². The minimum Gasteiger partial charge on any atom is -0.302 e. The van der Waals surface area contributed by atoms with E-state index >= 15 is 0 Å². The molecule has 0 aromatic heterocycles. The fourth-order valence-corrected chi connectivity index (χ4v) is 1.92. The number of phosphoric acid groups is 1. The van der Waals surface area contributed by atoms with E-state index in [1.54, 1.807) is 13.8 Å². The molecule has 16 heavy (non-hydrogen) atoms. The summed E-state index contributed by atoms with van der Waals surface area (Å²) >= 11 is 2.28. The maximum absolute atomic E-state index is 10.5.